The van der Waals surface area contributed by atoms with E-state index in [0.29, 0.717) is 0 Å². The van der Waals surface area contributed by atoms with Crippen molar-refractivity contribution < 1.29 is 18.3 Å². The molecule has 76 valence electrons. The normalized spacial score (nSPS) is 11.3. The van der Waals surface area contributed by atoms with E-state index in [1.54, 1.807) is 0 Å². The van der Waals surface area contributed by atoms with E-state index >= 15 is 0 Å². The summed E-state index contributed by atoms with van der Waals surface area (Å²) in [4.78, 5) is 10.7. The van der Waals surface area contributed by atoms with Crippen LogP contribution in [0.25, 0.3) is 0 Å². The van der Waals surface area contributed by atoms with Crippen molar-refractivity contribution in [3.63, 3.8) is 0 Å². The standard InChI is InChI=1S/C9H10O4S/c1-6(10)7-3-4-9(8(11)5-7)14(2,12)13/h3-5,11H,1-2H3. The van der Waals surface area contributed by atoms with Crippen LogP contribution < -0.4 is 0 Å². The first-order chi connectivity index (χ1) is 6.32. The van der Waals surface area contributed by atoms with Gasteiger partial charge in [-0.25, -0.2) is 8.42 Å². The zero-order valence-electron chi connectivity index (χ0n) is 7.81. The Hall–Kier alpha value is -1.36. The second-order valence-corrected chi connectivity index (χ2v) is 5.00. The van der Waals surface area contributed by atoms with Crippen LogP contribution in [0.15, 0.2) is 23.1 Å². The highest BCUT2D eigenvalue weighted by Crippen LogP contribution is 2.23. The summed E-state index contributed by atoms with van der Waals surface area (Å²) in [6, 6.07) is 3.75. The van der Waals surface area contributed by atoms with Gasteiger partial charge in [0.2, 0.25) is 0 Å². The number of benzene rings is 1. The zero-order chi connectivity index (χ0) is 10.9. The lowest BCUT2D eigenvalue weighted by molar-refractivity contribution is 0.101. The Balaban J connectivity index is 3.35. The summed E-state index contributed by atoms with van der Waals surface area (Å²) in [5.41, 5.74) is 0.287. The van der Waals surface area contributed by atoms with Gasteiger partial charge in [0.25, 0.3) is 0 Å². The predicted octanol–water partition coefficient (Wildman–Crippen LogP) is 0.998. The Kier molecular flexibility index (Phi) is 2.62. The maximum atomic E-state index is 11.1. The molecule has 4 nitrogen and oxygen atoms in total. The second-order valence-electron chi connectivity index (χ2n) is 3.01. The quantitative estimate of drug-likeness (QED) is 0.745. The lowest BCUT2D eigenvalue weighted by Crippen LogP contribution is -1.99. The van der Waals surface area contributed by atoms with Crippen molar-refractivity contribution >= 4 is 15.6 Å². The van der Waals surface area contributed by atoms with Crippen molar-refractivity contribution in [2.45, 2.75) is 11.8 Å². The maximum Gasteiger partial charge on any atom is 0.179 e. The van der Waals surface area contributed by atoms with Crippen LogP contribution >= 0.6 is 0 Å². The molecule has 0 aliphatic heterocycles. The summed E-state index contributed by atoms with van der Waals surface area (Å²) >= 11 is 0. The monoisotopic (exact) mass is 214 g/mol. The summed E-state index contributed by atoms with van der Waals surface area (Å²) in [7, 11) is -3.44. The van der Waals surface area contributed by atoms with Crippen molar-refractivity contribution in [3.8, 4) is 5.75 Å². The average Bonchev–Trinajstić information content (AvgIpc) is 2.01. The highest BCUT2D eigenvalue weighted by atomic mass is 32.2. The Bertz CT molecular complexity index is 474. The van der Waals surface area contributed by atoms with E-state index in [0.717, 1.165) is 12.3 Å². The van der Waals surface area contributed by atoms with Crippen LogP contribution in [0.1, 0.15) is 17.3 Å². The van der Waals surface area contributed by atoms with Crippen molar-refractivity contribution in [1.82, 2.24) is 0 Å². The van der Waals surface area contributed by atoms with Gasteiger partial charge in [-0.1, -0.05) is 0 Å². The molecule has 0 fully saturated rings. The van der Waals surface area contributed by atoms with Crippen LogP contribution in [0.3, 0.4) is 0 Å². The first-order valence-electron chi connectivity index (χ1n) is 3.86. The van der Waals surface area contributed by atoms with Crippen LogP contribution in [0.2, 0.25) is 0 Å². The number of hydrogen-bond acceptors (Lipinski definition) is 4. The SMILES string of the molecule is CC(=O)c1ccc(S(C)(=O)=O)c(O)c1. The molecule has 0 heterocycles. The van der Waals surface area contributed by atoms with Crippen molar-refractivity contribution in [2.75, 3.05) is 6.26 Å². The number of aromatic hydroxyl groups is 1. The van der Waals surface area contributed by atoms with Gasteiger partial charge in [-0.3, -0.25) is 4.79 Å². The largest absolute Gasteiger partial charge is 0.507 e. The topological polar surface area (TPSA) is 71.4 Å². The fraction of sp³-hybridized carbons (Fsp3) is 0.222. The maximum absolute atomic E-state index is 11.1. The third kappa shape index (κ3) is 2.11. The molecule has 1 aromatic rings. The molecule has 0 saturated carbocycles. The van der Waals surface area contributed by atoms with Gasteiger partial charge in [0.15, 0.2) is 15.6 Å². The fourth-order valence-corrected chi connectivity index (χ4v) is 1.80. The second kappa shape index (κ2) is 3.42. The molecular formula is C9H10O4S. The van der Waals surface area contributed by atoms with Gasteiger partial charge in [0.1, 0.15) is 10.6 Å². The highest BCUT2D eigenvalue weighted by molar-refractivity contribution is 7.90. The average molecular weight is 214 g/mol. The summed E-state index contributed by atoms with van der Waals surface area (Å²) in [6.45, 7) is 1.34. The number of carbonyl (C=O) groups excluding carboxylic acids is 1. The van der Waals surface area contributed by atoms with E-state index < -0.39 is 9.84 Å². The number of Topliss-reactive ketones (excluding diaryl/α,β-unsaturated/α-hetero) is 1. The molecule has 1 aromatic carbocycles. The van der Waals surface area contributed by atoms with E-state index in [9.17, 15) is 18.3 Å². The number of sulfone groups is 1. The molecule has 0 aliphatic rings. The smallest absolute Gasteiger partial charge is 0.179 e. The van der Waals surface area contributed by atoms with Gasteiger partial charge in [0.05, 0.1) is 0 Å². The van der Waals surface area contributed by atoms with Crippen molar-refractivity contribution in [3.05, 3.63) is 23.8 Å². The van der Waals surface area contributed by atoms with E-state index in [1.165, 1.54) is 19.1 Å². The lowest BCUT2D eigenvalue weighted by Gasteiger charge is -2.03. The molecule has 0 amide bonds. The Morgan fingerprint density at radius 3 is 2.29 bits per heavy atom. The van der Waals surface area contributed by atoms with Gasteiger partial charge < -0.3 is 5.11 Å². The molecule has 0 unspecified atom stereocenters. The molecule has 0 spiro atoms. The summed E-state index contributed by atoms with van der Waals surface area (Å²) in [6.07, 6.45) is 0.996. The molecule has 0 bridgehead atoms. The van der Waals surface area contributed by atoms with Crippen LogP contribution in [-0.2, 0) is 9.84 Å². The molecule has 1 rings (SSSR count). The van der Waals surface area contributed by atoms with E-state index in [-0.39, 0.29) is 22.0 Å². The number of rotatable bonds is 2. The molecule has 0 aliphatic carbocycles. The van der Waals surface area contributed by atoms with Gasteiger partial charge in [-0.05, 0) is 25.1 Å². The summed E-state index contributed by atoms with van der Waals surface area (Å²) in [5.74, 6) is -0.611. The number of phenolic OH excluding ortho intramolecular Hbond substituents is 1. The Morgan fingerprint density at radius 2 is 1.93 bits per heavy atom. The minimum atomic E-state index is -3.44. The predicted molar refractivity (Wildman–Crippen MR) is 51.2 cm³/mol. The molecule has 0 atom stereocenters. The number of ketones is 1. The van der Waals surface area contributed by atoms with Gasteiger partial charge in [-0.2, -0.15) is 0 Å². The van der Waals surface area contributed by atoms with E-state index in [2.05, 4.69) is 0 Å². The molecule has 0 radical (unpaired) electrons. The molecule has 0 saturated heterocycles. The molecule has 14 heavy (non-hydrogen) atoms. The van der Waals surface area contributed by atoms with Crippen molar-refractivity contribution in [1.29, 1.82) is 0 Å². The number of carbonyl (C=O) groups is 1. The molecule has 5 heteroatoms. The van der Waals surface area contributed by atoms with Crippen LogP contribution in [0, 0.1) is 0 Å². The molecular weight excluding hydrogens is 204 g/mol. The summed E-state index contributed by atoms with van der Waals surface area (Å²) in [5, 5.41) is 9.34. The molecule has 1 N–H and O–H groups in total. The fourth-order valence-electron chi connectivity index (χ4n) is 1.05. The van der Waals surface area contributed by atoms with E-state index in [1.807, 2.05) is 0 Å². The van der Waals surface area contributed by atoms with Crippen LogP contribution in [0.4, 0.5) is 0 Å². The highest BCUT2D eigenvalue weighted by Gasteiger charge is 2.13. The van der Waals surface area contributed by atoms with Crippen LogP contribution in [-0.4, -0.2) is 25.6 Å². The number of phenols is 1. The van der Waals surface area contributed by atoms with Gasteiger partial charge >= 0.3 is 0 Å². The zero-order valence-corrected chi connectivity index (χ0v) is 8.63. The minimum Gasteiger partial charge on any atom is -0.507 e. The first kappa shape index (κ1) is 10.7. The third-order valence-electron chi connectivity index (χ3n) is 1.76. The van der Waals surface area contributed by atoms with Gasteiger partial charge in [-0.15, -0.1) is 0 Å². The first-order valence-corrected chi connectivity index (χ1v) is 5.75. The summed E-state index contributed by atoms with van der Waals surface area (Å²) < 4.78 is 22.2. The number of hydrogen-bond donors (Lipinski definition) is 1. The molecule has 0 aromatic heterocycles. The Morgan fingerprint density at radius 1 is 1.36 bits per heavy atom. The minimum absolute atomic E-state index is 0.164. The van der Waals surface area contributed by atoms with E-state index in [4.69, 9.17) is 0 Å². The van der Waals surface area contributed by atoms with Gasteiger partial charge in [0, 0.05) is 11.8 Å². The van der Waals surface area contributed by atoms with Crippen molar-refractivity contribution in [2.24, 2.45) is 0 Å². The Labute approximate surface area is 82.1 Å². The lowest BCUT2D eigenvalue weighted by atomic mass is 10.1. The third-order valence-corrected chi connectivity index (χ3v) is 2.91. The van der Waals surface area contributed by atoms with Crippen LogP contribution in [0.5, 0.6) is 5.75 Å².